The van der Waals surface area contributed by atoms with Crippen LogP contribution in [0.1, 0.15) is 36.0 Å². The minimum absolute atomic E-state index is 0.232. The zero-order valence-electron chi connectivity index (χ0n) is 14.0. The Labute approximate surface area is 148 Å². The molecule has 1 aliphatic rings. The van der Waals surface area contributed by atoms with E-state index >= 15 is 0 Å². The van der Waals surface area contributed by atoms with Crippen LogP contribution in [0.3, 0.4) is 0 Å². The molecule has 0 bridgehead atoms. The fourth-order valence-corrected chi connectivity index (χ4v) is 3.10. The average molecular weight is 357 g/mol. The Kier molecular flexibility index (Phi) is 4.81. The predicted molar refractivity (Wildman–Crippen MR) is 91.9 cm³/mol. The number of primary amides is 1. The Bertz CT molecular complexity index is 882. The molecular formula is C17H19N5O4. The number of hydrogen-bond donors (Lipinski definition) is 3. The normalized spacial score (nSPS) is 22.6. The molecule has 2 heterocycles. The van der Waals surface area contributed by atoms with E-state index < -0.39 is 29.1 Å². The summed E-state index contributed by atoms with van der Waals surface area (Å²) in [4.78, 5) is 40.6. The molecule has 2 atom stereocenters. The molecule has 2 unspecified atom stereocenters. The number of ether oxygens (including phenoxy) is 1. The molecule has 9 nitrogen and oxygen atoms in total. The van der Waals surface area contributed by atoms with Crippen LogP contribution in [0.15, 0.2) is 35.4 Å². The summed E-state index contributed by atoms with van der Waals surface area (Å²) in [6, 6.07) is 3.95. The molecule has 26 heavy (non-hydrogen) atoms. The summed E-state index contributed by atoms with van der Waals surface area (Å²) in [6.45, 7) is 0. The standard InChI is InChI=1S/C17H19N5O4/c18-13-3-1-2-6-17(13,16(19)25)26-15(24)11-9-12(21-22-14(11)23)10-4-7-20-8-5-10/h4-5,7-9,13H,1-3,6,18H2,(H2,19,25)(H,22,23). The molecule has 1 fully saturated rings. The number of nitrogens with zero attached hydrogens (tertiary/aromatic N) is 2. The van der Waals surface area contributed by atoms with Gasteiger partial charge in [-0.05, 0) is 37.5 Å². The number of aromatic amines is 1. The molecule has 2 aromatic heterocycles. The Morgan fingerprint density at radius 2 is 2.00 bits per heavy atom. The van der Waals surface area contributed by atoms with Gasteiger partial charge in [-0.2, -0.15) is 5.10 Å². The van der Waals surface area contributed by atoms with Crippen molar-refractivity contribution in [3.8, 4) is 11.3 Å². The van der Waals surface area contributed by atoms with E-state index in [1.54, 1.807) is 24.5 Å². The molecule has 1 amide bonds. The first-order valence-corrected chi connectivity index (χ1v) is 8.23. The van der Waals surface area contributed by atoms with Gasteiger partial charge in [-0.1, -0.05) is 6.42 Å². The highest BCUT2D eigenvalue weighted by Gasteiger charge is 2.48. The molecule has 0 spiro atoms. The number of H-pyrrole nitrogens is 1. The van der Waals surface area contributed by atoms with Crippen molar-refractivity contribution >= 4 is 11.9 Å². The second kappa shape index (κ2) is 7.04. The Balaban J connectivity index is 1.94. The van der Waals surface area contributed by atoms with E-state index in [0.29, 0.717) is 24.1 Å². The molecule has 2 aromatic rings. The van der Waals surface area contributed by atoms with E-state index in [-0.39, 0.29) is 12.0 Å². The molecule has 0 aromatic carbocycles. The van der Waals surface area contributed by atoms with Gasteiger partial charge in [-0.25, -0.2) is 9.89 Å². The van der Waals surface area contributed by atoms with Crippen molar-refractivity contribution in [3.05, 3.63) is 46.5 Å². The highest BCUT2D eigenvalue weighted by molar-refractivity contribution is 5.94. The van der Waals surface area contributed by atoms with Crippen LogP contribution in [0.4, 0.5) is 0 Å². The Morgan fingerprint density at radius 3 is 2.65 bits per heavy atom. The van der Waals surface area contributed by atoms with Crippen LogP contribution in [0.2, 0.25) is 0 Å². The predicted octanol–water partition coefficient (Wildman–Crippen LogP) is 0.114. The van der Waals surface area contributed by atoms with Gasteiger partial charge >= 0.3 is 5.97 Å². The van der Waals surface area contributed by atoms with Crippen LogP contribution in [-0.4, -0.2) is 38.7 Å². The highest BCUT2D eigenvalue weighted by atomic mass is 16.6. The number of nitrogens with one attached hydrogen (secondary N) is 1. The molecule has 3 rings (SSSR count). The lowest BCUT2D eigenvalue weighted by Gasteiger charge is -2.38. The van der Waals surface area contributed by atoms with Crippen molar-refractivity contribution in [2.75, 3.05) is 0 Å². The van der Waals surface area contributed by atoms with E-state index in [1.165, 1.54) is 6.07 Å². The summed E-state index contributed by atoms with van der Waals surface area (Å²) in [5.74, 6) is -1.77. The van der Waals surface area contributed by atoms with Crippen molar-refractivity contribution < 1.29 is 14.3 Å². The molecule has 5 N–H and O–H groups in total. The van der Waals surface area contributed by atoms with Gasteiger partial charge in [0.15, 0.2) is 0 Å². The summed E-state index contributed by atoms with van der Waals surface area (Å²) in [7, 11) is 0. The SMILES string of the molecule is NC(=O)C1(OC(=O)c2cc(-c3ccncc3)n[nH]c2=O)CCCCC1N. The quantitative estimate of drug-likeness (QED) is 0.656. The summed E-state index contributed by atoms with van der Waals surface area (Å²) >= 11 is 0. The summed E-state index contributed by atoms with van der Waals surface area (Å²) < 4.78 is 5.41. The van der Waals surface area contributed by atoms with Crippen LogP contribution in [0.5, 0.6) is 0 Å². The summed E-state index contributed by atoms with van der Waals surface area (Å²) in [5.41, 5.74) is 9.90. The second-order valence-corrected chi connectivity index (χ2v) is 6.23. The minimum atomic E-state index is -1.61. The first kappa shape index (κ1) is 17.7. The van der Waals surface area contributed by atoms with Crippen molar-refractivity contribution in [1.29, 1.82) is 0 Å². The molecule has 0 saturated heterocycles. The van der Waals surface area contributed by atoms with Gasteiger partial charge in [0.25, 0.3) is 11.5 Å². The van der Waals surface area contributed by atoms with Crippen LogP contribution in [-0.2, 0) is 9.53 Å². The van der Waals surface area contributed by atoms with Crippen molar-refractivity contribution in [2.24, 2.45) is 11.5 Å². The molecular weight excluding hydrogens is 338 g/mol. The van der Waals surface area contributed by atoms with E-state index in [9.17, 15) is 14.4 Å². The zero-order chi connectivity index (χ0) is 18.7. The van der Waals surface area contributed by atoms with E-state index in [2.05, 4.69) is 15.2 Å². The topological polar surface area (TPSA) is 154 Å². The minimum Gasteiger partial charge on any atom is -0.444 e. The third kappa shape index (κ3) is 3.21. The van der Waals surface area contributed by atoms with Gasteiger partial charge < -0.3 is 16.2 Å². The van der Waals surface area contributed by atoms with E-state index in [1.807, 2.05) is 0 Å². The number of carbonyl (C=O) groups is 2. The third-order valence-electron chi connectivity index (χ3n) is 4.60. The van der Waals surface area contributed by atoms with Gasteiger partial charge in [0.05, 0.1) is 11.7 Å². The Morgan fingerprint density at radius 1 is 1.27 bits per heavy atom. The number of hydrogen-bond acceptors (Lipinski definition) is 7. The lowest BCUT2D eigenvalue weighted by molar-refractivity contribution is -0.142. The highest BCUT2D eigenvalue weighted by Crippen LogP contribution is 2.31. The first-order chi connectivity index (χ1) is 12.4. The monoisotopic (exact) mass is 357 g/mol. The summed E-state index contributed by atoms with van der Waals surface area (Å²) in [6.07, 6.45) is 5.32. The molecule has 1 aliphatic carbocycles. The van der Waals surface area contributed by atoms with Crippen LogP contribution in [0.25, 0.3) is 11.3 Å². The number of amides is 1. The number of pyridine rings is 1. The molecule has 9 heteroatoms. The zero-order valence-corrected chi connectivity index (χ0v) is 14.0. The lowest BCUT2D eigenvalue weighted by Crippen LogP contribution is -2.61. The largest absolute Gasteiger partial charge is 0.444 e. The van der Waals surface area contributed by atoms with Crippen LogP contribution >= 0.6 is 0 Å². The fraction of sp³-hybridized carbons (Fsp3) is 0.353. The average Bonchev–Trinajstić information content (AvgIpc) is 2.64. The van der Waals surface area contributed by atoms with E-state index in [4.69, 9.17) is 16.2 Å². The maximum absolute atomic E-state index is 12.6. The van der Waals surface area contributed by atoms with E-state index in [0.717, 1.165) is 6.42 Å². The number of aromatic nitrogens is 3. The number of nitrogens with two attached hydrogens (primary N) is 2. The number of rotatable bonds is 4. The van der Waals surface area contributed by atoms with Gasteiger partial charge in [-0.3, -0.25) is 14.6 Å². The molecule has 0 radical (unpaired) electrons. The Hall–Kier alpha value is -3.07. The van der Waals surface area contributed by atoms with Crippen LogP contribution < -0.4 is 17.0 Å². The smallest absolute Gasteiger partial charge is 0.345 e. The van der Waals surface area contributed by atoms with Gasteiger partial charge in [0.2, 0.25) is 5.60 Å². The van der Waals surface area contributed by atoms with Gasteiger partial charge in [0, 0.05) is 18.0 Å². The molecule has 1 saturated carbocycles. The third-order valence-corrected chi connectivity index (χ3v) is 4.60. The number of carbonyl (C=O) groups excluding carboxylic acids is 2. The van der Waals surface area contributed by atoms with Crippen molar-refractivity contribution in [3.63, 3.8) is 0 Å². The lowest BCUT2D eigenvalue weighted by atomic mass is 9.80. The van der Waals surface area contributed by atoms with Gasteiger partial charge in [-0.15, -0.1) is 0 Å². The maximum atomic E-state index is 12.6. The summed E-state index contributed by atoms with van der Waals surface area (Å²) in [5, 5.41) is 6.18. The van der Waals surface area contributed by atoms with Crippen molar-refractivity contribution in [2.45, 2.75) is 37.3 Å². The molecule has 0 aliphatic heterocycles. The van der Waals surface area contributed by atoms with Crippen LogP contribution in [0, 0.1) is 0 Å². The molecule has 136 valence electrons. The first-order valence-electron chi connectivity index (χ1n) is 8.23. The number of esters is 1. The maximum Gasteiger partial charge on any atom is 0.345 e. The van der Waals surface area contributed by atoms with Gasteiger partial charge in [0.1, 0.15) is 5.56 Å². The second-order valence-electron chi connectivity index (χ2n) is 6.23. The van der Waals surface area contributed by atoms with Crippen molar-refractivity contribution in [1.82, 2.24) is 15.2 Å². The fourth-order valence-electron chi connectivity index (χ4n) is 3.10.